The maximum absolute atomic E-state index is 12.5. The van der Waals surface area contributed by atoms with Crippen LogP contribution >= 0.6 is 0 Å². The van der Waals surface area contributed by atoms with Crippen LogP contribution < -0.4 is 15.0 Å². The SMILES string of the molecule is Cc1nc(NC2CCCC2)cc(N2CCc3ccc(OC(F)(F)F)cc3C2)n1. The third-order valence-electron chi connectivity index (χ3n) is 5.28. The van der Waals surface area contributed by atoms with Gasteiger partial charge in [0.1, 0.15) is 23.2 Å². The van der Waals surface area contributed by atoms with Gasteiger partial charge in [0.2, 0.25) is 0 Å². The predicted molar refractivity (Wildman–Crippen MR) is 101 cm³/mol. The maximum Gasteiger partial charge on any atom is 0.573 e. The van der Waals surface area contributed by atoms with E-state index in [1.807, 2.05) is 13.0 Å². The summed E-state index contributed by atoms with van der Waals surface area (Å²) < 4.78 is 41.6. The summed E-state index contributed by atoms with van der Waals surface area (Å²) in [6.45, 7) is 3.10. The molecule has 4 rings (SSSR count). The van der Waals surface area contributed by atoms with Crippen molar-refractivity contribution in [2.75, 3.05) is 16.8 Å². The van der Waals surface area contributed by atoms with Crippen molar-refractivity contribution in [3.8, 4) is 5.75 Å². The fourth-order valence-electron chi connectivity index (χ4n) is 3.99. The molecule has 1 aliphatic heterocycles. The first-order valence-corrected chi connectivity index (χ1v) is 9.60. The Morgan fingerprint density at radius 2 is 1.89 bits per heavy atom. The zero-order valence-electron chi connectivity index (χ0n) is 15.7. The molecule has 0 radical (unpaired) electrons. The molecule has 0 spiro atoms. The van der Waals surface area contributed by atoms with E-state index in [4.69, 9.17) is 0 Å². The van der Waals surface area contributed by atoms with Gasteiger partial charge in [0.25, 0.3) is 0 Å². The van der Waals surface area contributed by atoms with Crippen LogP contribution in [0.1, 0.15) is 42.6 Å². The van der Waals surface area contributed by atoms with E-state index >= 15 is 0 Å². The van der Waals surface area contributed by atoms with Crippen LogP contribution in [0.2, 0.25) is 0 Å². The minimum atomic E-state index is -4.69. The summed E-state index contributed by atoms with van der Waals surface area (Å²) in [5.41, 5.74) is 1.87. The van der Waals surface area contributed by atoms with Gasteiger partial charge in [-0.2, -0.15) is 0 Å². The van der Waals surface area contributed by atoms with E-state index in [-0.39, 0.29) is 5.75 Å². The lowest BCUT2D eigenvalue weighted by Gasteiger charge is -2.30. The van der Waals surface area contributed by atoms with Crippen molar-refractivity contribution in [1.29, 1.82) is 0 Å². The molecule has 1 aromatic heterocycles. The van der Waals surface area contributed by atoms with E-state index in [9.17, 15) is 13.2 Å². The topological polar surface area (TPSA) is 50.3 Å². The second-order valence-corrected chi connectivity index (χ2v) is 7.43. The van der Waals surface area contributed by atoms with Crippen LogP contribution in [0.5, 0.6) is 5.75 Å². The van der Waals surface area contributed by atoms with Gasteiger partial charge in [-0.15, -0.1) is 13.2 Å². The number of hydrogen-bond donors (Lipinski definition) is 1. The summed E-state index contributed by atoms with van der Waals surface area (Å²) in [5, 5.41) is 3.49. The van der Waals surface area contributed by atoms with Crippen LogP contribution in [0.4, 0.5) is 24.8 Å². The summed E-state index contributed by atoms with van der Waals surface area (Å²) in [6, 6.07) is 6.95. The molecule has 0 amide bonds. The Bertz CT molecular complexity index is 850. The largest absolute Gasteiger partial charge is 0.573 e. The van der Waals surface area contributed by atoms with Gasteiger partial charge < -0.3 is 15.0 Å². The molecule has 0 saturated heterocycles. The van der Waals surface area contributed by atoms with Crippen molar-refractivity contribution in [2.24, 2.45) is 0 Å². The normalized spacial score (nSPS) is 17.5. The number of hydrogen-bond acceptors (Lipinski definition) is 5. The third-order valence-corrected chi connectivity index (χ3v) is 5.28. The number of rotatable bonds is 4. The van der Waals surface area contributed by atoms with Gasteiger partial charge in [-0.05, 0) is 49.4 Å². The maximum atomic E-state index is 12.5. The molecule has 0 unspecified atom stereocenters. The lowest BCUT2D eigenvalue weighted by molar-refractivity contribution is -0.274. The van der Waals surface area contributed by atoms with Gasteiger partial charge in [0, 0.05) is 25.2 Å². The highest BCUT2D eigenvalue weighted by atomic mass is 19.4. The number of halogens is 3. The van der Waals surface area contributed by atoms with Crippen LogP contribution in [0.15, 0.2) is 24.3 Å². The molecule has 1 fully saturated rings. The Hall–Kier alpha value is -2.51. The fraction of sp³-hybridized carbons (Fsp3) is 0.500. The molecule has 28 heavy (non-hydrogen) atoms. The first-order chi connectivity index (χ1) is 13.4. The van der Waals surface area contributed by atoms with Crippen molar-refractivity contribution < 1.29 is 17.9 Å². The summed E-state index contributed by atoms with van der Waals surface area (Å²) in [4.78, 5) is 11.1. The number of fused-ring (bicyclic) bond motifs is 1. The standard InChI is InChI=1S/C20H23F3N4O/c1-13-24-18(26-16-4-2-3-5-16)11-19(25-13)27-9-8-14-6-7-17(10-15(14)12-27)28-20(21,22)23/h6-7,10-11,16H,2-5,8-9,12H2,1H3,(H,24,25,26). The minimum absolute atomic E-state index is 0.185. The van der Waals surface area contributed by atoms with Crippen molar-refractivity contribution in [3.63, 3.8) is 0 Å². The number of aryl methyl sites for hydroxylation is 1. The van der Waals surface area contributed by atoms with Gasteiger partial charge in [-0.3, -0.25) is 0 Å². The first kappa shape index (κ1) is 18.8. The molecule has 2 heterocycles. The number of alkyl halides is 3. The molecule has 0 bridgehead atoms. The number of aromatic nitrogens is 2. The molecular formula is C20H23F3N4O. The average Bonchev–Trinajstić information content (AvgIpc) is 3.12. The summed E-state index contributed by atoms with van der Waals surface area (Å²) in [6.07, 6.45) is 0.831. The van der Waals surface area contributed by atoms with Crippen molar-refractivity contribution in [3.05, 3.63) is 41.2 Å². The summed E-state index contributed by atoms with van der Waals surface area (Å²) >= 11 is 0. The van der Waals surface area contributed by atoms with Gasteiger partial charge in [-0.25, -0.2) is 9.97 Å². The highest BCUT2D eigenvalue weighted by Crippen LogP contribution is 2.30. The van der Waals surface area contributed by atoms with E-state index in [1.165, 1.54) is 25.0 Å². The van der Waals surface area contributed by atoms with E-state index in [1.54, 1.807) is 6.07 Å². The number of benzene rings is 1. The van der Waals surface area contributed by atoms with Crippen LogP contribution in [0.25, 0.3) is 0 Å². The van der Waals surface area contributed by atoms with Gasteiger partial charge in [0.05, 0.1) is 0 Å². The minimum Gasteiger partial charge on any atom is -0.406 e. The lowest BCUT2D eigenvalue weighted by atomic mass is 9.99. The zero-order chi connectivity index (χ0) is 19.7. The molecule has 1 aromatic carbocycles. The Balaban J connectivity index is 1.53. The average molecular weight is 392 g/mol. The summed E-state index contributed by atoms with van der Waals surface area (Å²) in [5.74, 6) is 2.10. The number of ether oxygens (including phenoxy) is 1. The molecule has 150 valence electrons. The molecule has 1 N–H and O–H groups in total. The lowest BCUT2D eigenvalue weighted by Crippen LogP contribution is -2.31. The Kier molecular flexibility index (Phi) is 5.03. The quantitative estimate of drug-likeness (QED) is 0.824. The van der Waals surface area contributed by atoms with Crippen molar-refractivity contribution >= 4 is 11.6 Å². The van der Waals surface area contributed by atoms with Crippen molar-refractivity contribution in [1.82, 2.24) is 9.97 Å². The van der Waals surface area contributed by atoms with Gasteiger partial charge >= 0.3 is 6.36 Å². The molecule has 0 atom stereocenters. The highest BCUT2D eigenvalue weighted by molar-refractivity contribution is 5.52. The number of nitrogens with zero attached hydrogens (tertiary/aromatic N) is 3. The van der Waals surface area contributed by atoms with Crippen LogP contribution in [0.3, 0.4) is 0 Å². The third kappa shape index (κ3) is 4.48. The van der Waals surface area contributed by atoms with Crippen molar-refractivity contribution in [2.45, 2.75) is 58.0 Å². The van der Waals surface area contributed by atoms with E-state index in [0.717, 1.165) is 48.6 Å². The smallest absolute Gasteiger partial charge is 0.406 e. The molecule has 2 aliphatic rings. The molecular weight excluding hydrogens is 369 g/mol. The number of anilines is 2. The van der Waals surface area contributed by atoms with Crippen LogP contribution in [-0.2, 0) is 13.0 Å². The molecule has 8 heteroatoms. The van der Waals surface area contributed by atoms with Crippen LogP contribution in [-0.4, -0.2) is 28.9 Å². The Morgan fingerprint density at radius 3 is 2.64 bits per heavy atom. The molecule has 1 saturated carbocycles. The highest BCUT2D eigenvalue weighted by Gasteiger charge is 2.31. The van der Waals surface area contributed by atoms with Gasteiger partial charge in [-0.1, -0.05) is 18.9 Å². The Morgan fingerprint density at radius 1 is 1.11 bits per heavy atom. The first-order valence-electron chi connectivity index (χ1n) is 9.60. The summed E-state index contributed by atoms with van der Waals surface area (Å²) in [7, 11) is 0. The molecule has 1 aliphatic carbocycles. The second kappa shape index (κ2) is 7.48. The zero-order valence-corrected chi connectivity index (χ0v) is 15.7. The van der Waals surface area contributed by atoms with Gasteiger partial charge in [0.15, 0.2) is 0 Å². The van der Waals surface area contributed by atoms with E-state index in [2.05, 4.69) is 24.9 Å². The predicted octanol–water partition coefficient (Wildman–Crippen LogP) is 4.60. The van der Waals surface area contributed by atoms with Crippen LogP contribution in [0, 0.1) is 6.92 Å². The van der Waals surface area contributed by atoms with E-state index in [0.29, 0.717) is 18.4 Å². The van der Waals surface area contributed by atoms with E-state index < -0.39 is 6.36 Å². The monoisotopic (exact) mass is 392 g/mol. The Labute approximate surface area is 161 Å². The molecule has 5 nitrogen and oxygen atoms in total. The second-order valence-electron chi connectivity index (χ2n) is 7.43. The molecule has 2 aromatic rings. The number of nitrogens with one attached hydrogen (secondary N) is 1. The fourth-order valence-corrected chi connectivity index (χ4v) is 3.99.